The fraction of sp³-hybridized carbons (Fsp3) is 1.00. The Morgan fingerprint density at radius 3 is 2.57 bits per heavy atom. The van der Waals surface area contributed by atoms with Crippen LogP contribution in [0.25, 0.3) is 0 Å². The van der Waals surface area contributed by atoms with Gasteiger partial charge >= 0.3 is 0 Å². The van der Waals surface area contributed by atoms with Gasteiger partial charge in [-0.2, -0.15) is 0 Å². The topological polar surface area (TPSA) is 24.5 Å². The molecular weight excluding hydrogens is 176 g/mol. The smallest absolute Gasteiger partial charge is 0.0491 e. The van der Waals surface area contributed by atoms with E-state index in [0.29, 0.717) is 6.04 Å². The number of nitrogens with zero attached hydrogens (tertiary/aromatic N) is 1. The van der Waals surface area contributed by atoms with Crippen LogP contribution in [0.5, 0.6) is 0 Å². The van der Waals surface area contributed by atoms with E-state index in [0.717, 1.165) is 19.1 Å². The molecule has 1 rings (SSSR count). The van der Waals surface area contributed by atoms with Crippen molar-refractivity contribution >= 4 is 0 Å². The van der Waals surface area contributed by atoms with Gasteiger partial charge in [-0.1, -0.05) is 0 Å². The molecule has 0 aromatic heterocycles. The van der Waals surface area contributed by atoms with Gasteiger partial charge in [-0.25, -0.2) is 0 Å². The van der Waals surface area contributed by atoms with E-state index in [1.807, 2.05) is 7.05 Å². The van der Waals surface area contributed by atoms with Crippen molar-refractivity contribution in [3.05, 3.63) is 0 Å². The predicted molar refractivity (Wildman–Crippen MR) is 59.6 cm³/mol. The molecule has 3 nitrogen and oxygen atoms in total. The third-order valence-corrected chi connectivity index (χ3v) is 3.17. The third-order valence-electron chi connectivity index (χ3n) is 3.17. The zero-order valence-electron chi connectivity index (χ0n) is 9.75. The zero-order valence-corrected chi connectivity index (χ0v) is 9.75. The molecule has 1 fully saturated rings. The van der Waals surface area contributed by atoms with Gasteiger partial charge in [0.15, 0.2) is 0 Å². The summed E-state index contributed by atoms with van der Waals surface area (Å²) in [6, 6.07) is 0.670. The van der Waals surface area contributed by atoms with Crippen molar-refractivity contribution < 1.29 is 4.74 Å². The Hall–Kier alpha value is -0.120. The Kier molecular flexibility index (Phi) is 5.45. The molecular formula is C11H24N2O. The van der Waals surface area contributed by atoms with Crippen LogP contribution in [0.4, 0.5) is 0 Å². The van der Waals surface area contributed by atoms with Gasteiger partial charge in [-0.15, -0.1) is 0 Å². The molecule has 0 aliphatic carbocycles. The molecule has 3 heteroatoms. The fourth-order valence-electron chi connectivity index (χ4n) is 2.22. The molecule has 1 heterocycles. The number of ether oxygens (including phenoxy) is 1. The van der Waals surface area contributed by atoms with Gasteiger partial charge in [-0.3, -0.25) is 4.90 Å². The summed E-state index contributed by atoms with van der Waals surface area (Å²) in [5.41, 5.74) is 0. The van der Waals surface area contributed by atoms with E-state index in [2.05, 4.69) is 17.1 Å². The molecule has 1 aliphatic rings. The standard InChI is InChI=1S/C11H24N2O/c1-10(8-12-2)13-6-4-11(5-7-13)9-14-3/h10-12H,4-9H2,1-3H3. The Morgan fingerprint density at radius 1 is 1.43 bits per heavy atom. The summed E-state index contributed by atoms with van der Waals surface area (Å²) in [7, 11) is 3.82. The predicted octanol–water partition coefficient (Wildman–Crippen LogP) is 0.953. The van der Waals surface area contributed by atoms with Crippen LogP contribution in [-0.4, -0.2) is 51.3 Å². The van der Waals surface area contributed by atoms with Crippen LogP contribution in [0.1, 0.15) is 19.8 Å². The lowest BCUT2D eigenvalue weighted by Gasteiger charge is -2.35. The Bertz CT molecular complexity index is 144. The Labute approximate surface area is 87.8 Å². The van der Waals surface area contributed by atoms with Gasteiger partial charge in [0.2, 0.25) is 0 Å². The van der Waals surface area contributed by atoms with Crippen molar-refractivity contribution in [2.75, 3.05) is 40.4 Å². The number of rotatable bonds is 5. The highest BCUT2D eigenvalue weighted by atomic mass is 16.5. The summed E-state index contributed by atoms with van der Waals surface area (Å²) in [6.07, 6.45) is 2.59. The molecule has 0 saturated carbocycles. The number of piperidine rings is 1. The minimum atomic E-state index is 0.670. The first-order valence-corrected chi connectivity index (χ1v) is 5.65. The molecule has 0 amide bonds. The molecule has 0 bridgehead atoms. The lowest BCUT2D eigenvalue weighted by Crippen LogP contribution is -2.44. The van der Waals surface area contributed by atoms with Gasteiger partial charge in [0.25, 0.3) is 0 Å². The van der Waals surface area contributed by atoms with Gasteiger partial charge in [0, 0.05) is 26.3 Å². The van der Waals surface area contributed by atoms with Crippen molar-refractivity contribution in [3.63, 3.8) is 0 Å². The SMILES string of the molecule is CNCC(C)N1CCC(COC)CC1. The highest BCUT2D eigenvalue weighted by Gasteiger charge is 2.21. The summed E-state index contributed by atoms with van der Waals surface area (Å²) < 4.78 is 5.19. The molecule has 0 aromatic rings. The number of likely N-dealkylation sites (tertiary alicyclic amines) is 1. The maximum atomic E-state index is 5.19. The minimum Gasteiger partial charge on any atom is -0.384 e. The van der Waals surface area contributed by atoms with Crippen molar-refractivity contribution in [1.29, 1.82) is 0 Å². The first kappa shape index (κ1) is 12.0. The van der Waals surface area contributed by atoms with Crippen LogP contribution in [0, 0.1) is 5.92 Å². The maximum Gasteiger partial charge on any atom is 0.0491 e. The first-order valence-electron chi connectivity index (χ1n) is 5.65. The molecule has 0 radical (unpaired) electrons. The second-order valence-electron chi connectivity index (χ2n) is 4.34. The largest absolute Gasteiger partial charge is 0.384 e. The quantitative estimate of drug-likeness (QED) is 0.715. The molecule has 1 atom stereocenters. The zero-order chi connectivity index (χ0) is 10.4. The van der Waals surface area contributed by atoms with E-state index in [4.69, 9.17) is 4.74 Å². The van der Waals surface area contributed by atoms with E-state index < -0.39 is 0 Å². The summed E-state index contributed by atoms with van der Waals surface area (Å²) in [6.45, 7) is 6.80. The monoisotopic (exact) mass is 200 g/mol. The van der Waals surface area contributed by atoms with Crippen molar-refractivity contribution in [2.24, 2.45) is 5.92 Å². The van der Waals surface area contributed by atoms with Crippen LogP contribution in [0.3, 0.4) is 0 Å². The van der Waals surface area contributed by atoms with Crippen molar-refractivity contribution in [3.8, 4) is 0 Å². The molecule has 1 N–H and O–H groups in total. The van der Waals surface area contributed by atoms with E-state index in [-0.39, 0.29) is 0 Å². The van der Waals surface area contributed by atoms with Crippen molar-refractivity contribution in [1.82, 2.24) is 10.2 Å². The first-order chi connectivity index (χ1) is 6.77. The summed E-state index contributed by atoms with van der Waals surface area (Å²) in [5, 5.41) is 3.23. The summed E-state index contributed by atoms with van der Waals surface area (Å²) in [5.74, 6) is 0.790. The van der Waals surface area contributed by atoms with Crippen molar-refractivity contribution in [2.45, 2.75) is 25.8 Å². The molecule has 1 aliphatic heterocycles. The second kappa shape index (κ2) is 6.38. The molecule has 0 spiro atoms. The normalized spacial score (nSPS) is 22.5. The fourth-order valence-corrected chi connectivity index (χ4v) is 2.22. The number of hydrogen-bond acceptors (Lipinski definition) is 3. The van der Waals surface area contributed by atoms with Gasteiger partial charge in [-0.05, 0) is 45.8 Å². The number of nitrogens with one attached hydrogen (secondary N) is 1. The number of hydrogen-bond donors (Lipinski definition) is 1. The number of likely N-dealkylation sites (N-methyl/N-ethyl adjacent to an activating group) is 1. The van der Waals surface area contributed by atoms with E-state index >= 15 is 0 Å². The third kappa shape index (κ3) is 3.56. The summed E-state index contributed by atoms with van der Waals surface area (Å²) >= 11 is 0. The summed E-state index contributed by atoms with van der Waals surface area (Å²) in [4.78, 5) is 2.57. The minimum absolute atomic E-state index is 0.670. The van der Waals surface area contributed by atoms with Gasteiger partial charge in [0.1, 0.15) is 0 Å². The molecule has 14 heavy (non-hydrogen) atoms. The van der Waals surface area contributed by atoms with Crippen LogP contribution in [-0.2, 0) is 4.74 Å². The van der Waals surface area contributed by atoms with Gasteiger partial charge < -0.3 is 10.1 Å². The Balaban J connectivity index is 2.21. The molecule has 1 unspecified atom stereocenters. The second-order valence-corrected chi connectivity index (χ2v) is 4.34. The van der Waals surface area contributed by atoms with E-state index in [9.17, 15) is 0 Å². The highest BCUT2D eigenvalue weighted by Crippen LogP contribution is 2.18. The average molecular weight is 200 g/mol. The number of methoxy groups -OCH3 is 1. The Morgan fingerprint density at radius 2 is 2.07 bits per heavy atom. The van der Waals surface area contributed by atoms with Gasteiger partial charge in [0.05, 0.1) is 0 Å². The van der Waals surface area contributed by atoms with E-state index in [1.54, 1.807) is 7.11 Å². The highest BCUT2D eigenvalue weighted by molar-refractivity contribution is 4.76. The molecule has 0 aromatic carbocycles. The van der Waals surface area contributed by atoms with Crippen LogP contribution >= 0.6 is 0 Å². The lowest BCUT2D eigenvalue weighted by atomic mass is 9.97. The van der Waals surface area contributed by atoms with E-state index in [1.165, 1.54) is 25.9 Å². The maximum absolute atomic E-state index is 5.19. The lowest BCUT2D eigenvalue weighted by molar-refractivity contribution is 0.0836. The van der Waals surface area contributed by atoms with Crippen LogP contribution < -0.4 is 5.32 Å². The average Bonchev–Trinajstić information content (AvgIpc) is 2.20. The molecule has 84 valence electrons. The van der Waals surface area contributed by atoms with Crippen LogP contribution in [0.2, 0.25) is 0 Å². The molecule has 1 saturated heterocycles. The van der Waals surface area contributed by atoms with Crippen LogP contribution in [0.15, 0.2) is 0 Å².